The van der Waals surface area contributed by atoms with Crippen LogP contribution in [-0.2, 0) is 9.63 Å². The normalized spacial score (nSPS) is 16.7. The number of nitrogens with one attached hydrogen (secondary N) is 1. The van der Waals surface area contributed by atoms with Crippen molar-refractivity contribution < 1.29 is 19.1 Å². The Morgan fingerprint density at radius 1 is 1.17 bits per heavy atom. The molecule has 0 unspecified atom stereocenters. The summed E-state index contributed by atoms with van der Waals surface area (Å²) in [7, 11) is 3.14. The Morgan fingerprint density at radius 2 is 2.00 bits per heavy atom. The van der Waals surface area contributed by atoms with E-state index in [1.54, 1.807) is 32.4 Å². The van der Waals surface area contributed by atoms with Crippen LogP contribution >= 0.6 is 0 Å². The molecule has 6 heteroatoms. The topological polar surface area (TPSA) is 69.2 Å². The fourth-order valence-electron chi connectivity index (χ4n) is 2.24. The van der Waals surface area contributed by atoms with E-state index in [4.69, 9.17) is 14.3 Å². The number of rotatable bonds is 5. The van der Waals surface area contributed by atoms with E-state index in [-0.39, 0.29) is 0 Å². The highest BCUT2D eigenvalue weighted by Crippen LogP contribution is 2.27. The molecule has 1 saturated heterocycles. The average Bonchev–Trinajstić information content (AvgIpc) is 2.86. The molecule has 1 heterocycles. The van der Waals surface area contributed by atoms with Crippen LogP contribution in [0.4, 0.5) is 0 Å². The van der Waals surface area contributed by atoms with Gasteiger partial charge in [0.05, 0.1) is 14.2 Å². The second-order valence-electron chi connectivity index (χ2n) is 5.13. The molecule has 1 aliphatic rings. The summed E-state index contributed by atoms with van der Waals surface area (Å²) in [5, 5.41) is 7.03. The van der Waals surface area contributed by atoms with Gasteiger partial charge in [0.2, 0.25) is 0 Å². The lowest BCUT2D eigenvalue weighted by molar-refractivity contribution is -0.137. The van der Waals surface area contributed by atoms with Gasteiger partial charge in [0.25, 0.3) is 0 Å². The number of nitrogens with zero attached hydrogens (tertiary/aromatic N) is 1. The monoisotopic (exact) mass is 318 g/mol. The maximum Gasteiger partial charge on any atom is 0.358 e. The van der Waals surface area contributed by atoms with Crippen molar-refractivity contribution in [3.8, 4) is 11.5 Å². The lowest BCUT2D eigenvalue weighted by Crippen LogP contribution is -2.22. The second-order valence-corrected chi connectivity index (χ2v) is 5.13. The van der Waals surface area contributed by atoms with Crippen LogP contribution < -0.4 is 14.8 Å². The zero-order chi connectivity index (χ0) is 16.5. The zero-order valence-electron chi connectivity index (χ0n) is 13.5. The van der Waals surface area contributed by atoms with E-state index in [0.29, 0.717) is 11.5 Å². The number of methoxy groups -OCH3 is 2. The zero-order valence-corrected chi connectivity index (χ0v) is 13.5. The molecule has 124 valence electrons. The highest BCUT2D eigenvalue weighted by molar-refractivity contribution is 5.88. The van der Waals surface area contributed by atoms with Gasteiger partial charge in [-0.3, -0.25) is 0 Å². The maximum atomic E-state index is 11.7. The number of hydrogen-bond acceptors (Lipinski definition) is 5. The third kappa shape index (κ3) is 5.32. The van der Waals surface area contributed by atoms with Gasteiger partial charge in [-0.2, -0.15) is 0 Å². The van der Waals surface area contributed by atoms with E-state index < -0.39 is 5.97 Å². The predicted molar refractivity (Wildman–Crippen MR) is 88.6 cm³/mol. The second kappa shape index (κ2) is 8.82. The van der Waals surface area contributed by atoms with Gasteiger partial charge in [-0.05, 0) is 36.6 Å². The number of amidine groups is 1. The smallest absolute Gasteiger partial charge is 0.358 e. The van der Waals surface area contributed by atoms with E-state index in [2.05, 4.69) is 10.5 Å². The third-order valence-electron chi connectivity index (χ3n) is 3.48. The first-order chi connectivity index (χ1) is 11.2. The van der Waals surface area contributed by atoms with Crippen molar-refractivity contribution in [3.63, 3.8) is 0 Å². The molecular weight excluding hydrogens is 296 g/mol. The van der Waals surface area contributed by atoms with Crippen LogP contribution in [0.15, 0.2) is 29.4 Å². The molecule has 1 aromatic carbocycles. The van der Waals surface area contributed by atoms with Crippen LogP contribution in [0.5, 0.6) is 11.5 Å². The van der Waals surface area contributed by atoms with E-state index in [1.807, 2.05) is 6.07 Å². The molecule has 1 N–H and O–H groups in total. The van der Waals surface area contributed by atoms with Crippen molar-refractivity contribution in [2.45, 2.75) is 25.7 Å². The van der Waals surface area contributed by atoms with Gasteiger partial charge in [-0.1, -0.05) is 17.6 Å². The molecule has 0 amide bonds. The number of ether oxygens (including phenoxy) is 2. The molecule has 0 radical (unpaired) electrons. The van der Waals surface area contributed by atoms with Crippen LogP contribution in [0.1, 0.15) is 31.2 Å². The van der Waals surface area contributed by atoms with E-state index >= 15 is 0 Å². The number of carbonyl (C=O) groups is 1. The molecule has 1 aliphatic heterocycles. The molecule has 1 fully saturated rings. The molecular formula is C17H22N2O4. The van der Waals surface area contributed by atoms with Crippen LogP contribution in [0, 0.1) is 0 Å². The first kappa shape index (κ1) is 16.9. The summed E-state index contributed by atoms with van der Waals surface area (Å²) in [6, 6.07) is 5.38. The Balaban J connectivity index is 1.94. The fraction of sp³-hybridized carbons (Fsp3) is 0.412. The maximum absolute atomic E-state index is 11.7. The summed E-state index contributed by atoms with van der Waals surface area (Å²) in [6.45, 7) is 0.873. The first-order valence-electron chi connectivity index (χ1n) is 7.64. The number of hydrogen-bond donors (Lipinski definition) is 1. The van der Waals surface area contributed by atoms with Gasteiger partial charge in [0.15, 0.2) is 11.5 Å². The summed E-state index contributed by atoms with van der Waals surface area (Å²) in [5.74, 6) is 1.46. The molecule has 0 aliphatic carbocycles. The molecule has 1 aromatic rings. The van der Waals surface area contributed by atoms with Crippen molar-refractivity contribution in [1.29, 1.82) is 0 Å². The van der Waals surface area contributed by atoms with E-state index in [1.165, 1.54) is 12.5 Å². The molecule has 0 aromatic heterocycles. The van der Waals surface area contributed by atoms with Crippen LogP contribution in [0.25, 0.3) is 6.08 Å². The van der Waals surface area contributed by atoms with Crippen molar-refractivity contribution in [2.24, 2.45) is 5.16 Å². The molecule has 2 rings (SSSR count). The van der Waals surface area contributed by atoms with Gasteiger partial charge < -0.3 is 19.6 Å². The number of benzene rings is 1. The van der Waals surface area contributed by atoms with Gasteiger partial charge in [-0.15, -0.1) is 0 Å². The summed E-state index contributed by atoms with van der Waals surface area (Å²) >= 11 is 0. The van der Waals surface area contributed by atoms with Gasteiger partial charge in [0.1, 0.15) is 5.84 Å². The molecule has 0 saturated carbocycles. The van der Waals surface area contributed by atoms with Gasteiger partial charge in [-0.25, -0.2) is 4.79 Å². The summed E-state index contributed by atoms with van der Waals surface area (Å²) in [5.41, 5.74) is 0.805. The molecule has 0 bridgehead atoms. The average molecular weight is 318 g/mol. The van der Waals surface area contributed by atoms with E-state index in [9.17, 15) is 4.79 Å². The van der Waals surface area contributed by atoms with E-state index in [0.717, 1.165) is 37.2 Å². The highest BCUT2D eigenvalue weighted by Gasteiger charge is 2.06. The SMILES string of the molecule is COc1ccc(/C=C/C(=O)O/N=C2\CCCCCN2)cc1OC. The Kier molecular flexibility index (Phi) is 6.47. The van der Waals surface area contributed by atoms with Crippen molar-refractivity contribution >= 4 is 17.9 Å². The predicted octanol–water partition coefficient (Wildman–Crippen LogP) is 2.74. The Morgan fingerprint density at radius 3 is 2.78 bits per heavy atom. The highest BCUT2D eigenvalue weighted by atomic mass is 16.7. The van der Waals surface area contributed by atoms with Gasteiger partial charge >= 0.3 is 5.97 Å². The quantitative estimate of drug-likeness (QED) is 0.513. The standard InChI is InChI=1S/C17H22N2O4/c1-21-14-9-7-13(12-15(14)22-2)8-10-17(20)23-19-16-6-4-3-5-11-18-16/h7-10,12H,3-6,11H2,1-2H3,(H,18,19)/b10-8+. The third-order valence-corrected chi connectivity index (χ3v) is 3.48. The minimum atomic E-state index is -0.515. The molecule has 6 nitrogen and oxygen atoms in total. The number of oxime groups is 1. The lowest BCUT2D eigenvalue weighted by Gasteiger charge is -2.07. The summed E-state index contributed by atoms with van der Waals surface area (Å²) in [4.78, 5) is 16.6. The number of carbonyl (C=O) groups excluding carboxylic acids is 1. The summed E-state index contributed by atoms with van der Waals surface area (Å²) in [6.07, 6.45) is 7.13. The van der Waals surface area contributed by atoms with Gasteiger partial charge in [0, 0.05) is 19.0 Å². The Bertz CT molecular complexity index is 586. The minimum Gasteiger partial charge on any atom is -0.493 e. The molecule has 23 heavy (non-hydrogen) atoms. The Hall–Kier alpha value is -2.50. The fourth-order valence-corrected chi connectivity index (χ4v) is 2.24. The van der Waals surface area contributed by atoms with Crippen LogP contribution in [0.3, 0.4) is 0 Å². The molecule has 0 spiro atoms. The minimum absolute atomic E-state index is 0.515. The largest absolute Gasteiger partial charge is 0.493 e. The Labute approximate surface area is 136 Å². The van der Waals surface area contributed by atoms with Crippen LogP contribution in [-0.4, -0.2) is 32.6 Å². The van der Waals surface area contributed by atoms with Crippen molar-refractivity contribution in [3.05, 3.63) is 29.8 Å². The molecule has 0 atom stereocenters. The lowest BCUT2D eigenvalue weighted by atomic mass is 10.2. The van der Waals surface area contributed by atoms with Crippen molar-refractivity contribution in [2.75, 3.05) is 20.8 Å². The van der Waals surface area contributed by atoms with Crippen LogP contribution in [0.2, 0.25) is 0 Å². The summed E-state index contributed by atoms with van der Waals surface area (Å²) < 4.78 is 10.4. The first-order valence-corrected chi connectivity index (χ1v) is 7.64. The van der Waals surface area contributed by atoms with Crippen molar-refractivity contribution in [1.82, 2.24) is 5.32 Å².